The van der Waals surface area contributed by atoms with Gasteiger partial charge in [-0.25, -0.2) is 0 Å². The van der Waals surface area contributed by atoms with Crippen molar-refractivity contribution in [3.8, 4) is 11.5 Å². The van der Waals surface area contributed by atoms with Crippen LogP contribution in [0.25, 0.3) is 0 Å². The normalized spacial score (nSPS) is 21.8. The minimum atomic E-state index is -0.477. The van der Waals surface area contributed by atoms with Crippen molar-refractivity contribution < 1.29 is 24.1 Å². The number of hydrogen-bond acceptors (Lipinski definition) is 7. The van der Waals surface area contributed by atoms with Gasteiger partial charge >= 0.3 is 0 Å². The van der Waals surface area contributed by atoms with Crippen molar-refractivity contribution in [2.75, 3.05) is 58.8 Å². The van der Waals surface area contributed by atoms with Crippen molar-refractivity contribution in [1.29, 1.82) is 0 Å². The Morgan fingerprint density at radius 3 is 2.86 bits per heavy atom. The number of rotatable bonds is 8. The Hall–Kier alpha value is -1.74. The highest BCUT2D eigenvalue weighted by Crippen LogP contribution is 2.43. The molecule has 1 saturated heterocycles. The van der Waals surface area contributed by atoms with Gasteiger partial charge in [0.15, 0.2) is 11.5 Å². The SMILES string of the molecule is COCCCCN1CC[C@@H](CNC(=O)c2cc(N)c(Cl)c3c2OCCO3)C(O)C1. The lowest BCUT2D eigenvalue weighted by Crippen LogP contribution is -2.47. The highest BCUT2D eigenvalue weighted by molar-refractivity contribution is 6.35. The van der Waals surface area contributed by atoms with E-state index >= 15 is 0 Å². The maximum atomic E-state index is 12.7. The maximum absolute atomic E-state index is 12.7. The number of unbranched alkanes of at least 4 members (excludes halogenated alkanes) is 1. The fraction of sp³-hybridized carbons (Fsp3) is 0.650. The van der Waals surface area contributed by atoms with Crippen LogP contribution in [-0.2, 0) is 4.74 Å². The van der Waals surface area contributed by atoms with Gasteiger partial charge in [-0.15, -0.1) is 0 Å². The summed E-state index contributed by atoms with van der Waals surface area (Å²) in [5.41, 5.74) is 6.48. The Morgan fingerprint density at radius 2 is 2.14 bits per heavy atom. The second kappa shape index (κ2) is 10.3. The number of halogens is 1. The summed E-state index contributed by atoms with van der Waals surface area (Å²) in [7, 11) is 1.71. The molecule has 8 nitrogen and oxygen atoms in total. The van der Waals surface area contributed by atoms with Crippen molar-refractivity contribution in [3.63, 3.8) is 0 Å². The Balaban J connectivity index is 1.53. The summed E-state index contributed by atoms with van der Waals surface area (Å²) < 4.78 is 16.2. The molecule has 0 radical (unpaired) electrons. The number of β-amino-alcohol motifs (C(OH)–C–C–N with tert-alkyl or cyclic N) is 1. The van der Waals surface area contributed by atoms with E-state index in [1.54, 1.807) is 7.11 Å². The molecule has 0 aliphatic carbocycles. The number of ether oxygens (including phenoxy) is 3. The van der Waals surface area contributed by atoms with Gasteiger partial charge < -0.3 is 35.3 Å². The first kappa shape index (κ1) is 22.0. The number of fused-ring (bicyclic) bond motifs is 1. The number of nitrogens with zero attached hydrogens (tertiary/aromatic N) is 1. The molecule has 1 unspecified atom stereocenters. The number of nitrogens with two attached hydrogens (primary N) is 1. The molecule has 0 spiro atoms. The molecule has 0 aromatic heterocycles. The van der Waals surface area contributed by atoms with E-state index in [0.717, 1.165) is 39.0 Å². The Morgan fingerprint density at radius 1 is 1.38 bits per heavy atom. The van der Waals surface area contributed by atoms with E-state index in [1.807, 2.05) is 0 Å². The van der Waals surface area contributed by atoms with Crippen LogP contribution in [0.5, 0.6) is 11.5 Å². The van der Waals surface area contributed by atoms with Gasteiger partial charge in [0, 0.05) is 32.7 Å². The summed E-state index contributed by atoms with van der Waals surface area (Å²) >= 11 is 6.17. The number of benzene rings is 1. The molecule has 0 saturated carbocycles. The number of aliphatic hydroxyl groups excluding tert-OH is 1. The van der Waals surface area contributed by atoms with Gasteiger partial charge in [-0.3, -0.25) is 4.79 Å². The van der Waals surface area contributed by atoms with Crippen LogP contribution in [0.4, 0.5) is 5.69 Å². The Labute approximate surface area is 176 Å². The number of methoxy groups -OCH3 is 1. The van der Waals surface area contributed by atoms with Gasteiger partial charge in [0.25, 0.3) is 5.91 Å². The third-order valence-corrected chi connectivity index (χ3v) is 5.82. The zero-order valence-corrected chi connectivity index (χ0v) is 17.5. The van der Waals surface area contributed by atoms with Crippen molar-refractivity contribution in [2.45, 2.75) is 25.4 Å². The molecule has 2 heterocycles. The number of nitrogens with one attached hydrogen (secondary N) is 1. The number of carbonyl (C=O) groups excluding carboxylic acids is 1. The van der Waals surface area contributed by atoms with Gasteiger partial charge in [-0.1, -0.05) is 11.6 Å². The second-order valence-electron chi connectivity index (χ2n) is 7.51. The quantitative estimate of drug-likeness (QED) is 0.426. The molecule has 4 N–H and O–H groups in total. The van der Waals surface area contributed by atoms with Crippen LogP contribution < -0.4 is 20.5 Å². The second-order valence-corrected chi connectivity index (χ2v) is 7.89. The van der Waals surface area contributed by atoms with Gasteiger partial charge in [0.2, 0.25) is 0 Å². The molecule has 1 aromatic rings. The van der Waals surface area contributed by atoms with Crippen LogP contribution >= 0.6 is 11.6 Å². The highest BCUT2D eigenvalue weighted by atomic mass is 35.5. The van der Waals surface area contributed by atoms with Gasteiger partial charge in [0.1, 0.15) is 18.2 Å². The van der Waals surface area contributed by atoms with E-state index in [9.17, 15) is 9.90 Å². The monoisotopic (exact) mass is 427 g/mol. The molecule has 2 aliphatic heterocycles. The summed E-state index contributed by atoms with van der Waals surface area (Å²) in [6.07, 6.45) is 2.41. The van der Waals surface area contributed by atoms with E-state index < -0.39 is 6.10 Å². The Kier molecular flexibility index (Phi) is 7.83. The largest absolute Gasteiger partial charge is 0.485 e. The maximum Gasteiger partial charge on any atom is 0.255 e. The predicted molar refractivity (Wildman–Crippen MR) is 111 cm³/mol. The molecule has 1 aromatic carbocycles. The van der Waals surface area contributed by atoms with E-state index in [2.05, 4.69) is 10.2 Å². The standard InChI is InChI=1S/C20H30ClN3O5/c1-27-7-3-2-5-24-6-4-13(16(25)12-24)11-23-20(26)14-10-15(22)17(21)19-18(14)28-8-9-29-19/h10,13,16,25H,2-9,11-12,22H2,1H3,(H,23,26)/t13-,16?/m0/s1. The lowest BCUT2D eigenvalue weighted by atomic mass is 9.93. The van der Waals surface area contributed by atoms with E-state index in [0.29, 0.717) is 43.4 Å². The molecule has 162 valence electrons. The average molecular weight is 428 g/mol. The first-order valence-corrected chi connectivity index (χ1v) is 10.4. The van der Waals surface area contributed by atoms with Crippen LogP contribution in [0.1, 0.15) is 29.6 Å². The lowest BCUT2D eigenvalue weighted by Gasteiger charge is -2.36. The summed E-state index contributed by atoms with van der Waals surface area (Å²) in [6.45, 7) is 4.32. The zero-order chi connectivity index (χ0) is 20.8. The van der Waals surface area contributed by atoms with Crippen molar-refractivity contribution in [1.82, 2.24) is 10.2 Å². The molecule has 29 heavy (non-hydrogen) atoms. The van der Waals surface area contributed by atoms with E-state index in [1.165, 1.54) is 6.07 Å². The molecular weight excluding hydrogens is 398 g/mol. The number of aliphatic hydroxyl groups is 1. The number of anilines is 1. The topological polar surface area (TPSA) is 106 Å². The van der Waals surface area contributed by atoms with Crippen LogP contribution in [0, 0.1) is 5.92 Å². The summed E-state index contributed by atoms with van der Waals surface area (Å²) in [5.74, 6) is 0.320. The van der Waals surface area contributed by atoms with Crippen molar-refractivity contribution in [2.24, 2.45) is 5.92 Å². The van der Waals surface area contributed by atoms with Gasteiger partial charge in [-0.2, -0.15) is 0 Å². The lowest BCUT2D eigenvalue weighted by molar-refractivity contribution is 0.0209. The van der Waals surface area contributed by atoms with Crippen molar-refractivity contribution in [3.05, 3.63) is 16.7 Å². The highest BCUT2D eigenvalue weighted by Gasteiger charge is 2.29. The van der Waals surface area contributed by atoms with Gasteiger partial charge in [0.05, 0.1) is 17.4 Å². The number of carbonyl (C=O) groups is 1. The molecule has 9 heteroatoms. The minimum Gasteiger partial charge on any atom is -0.485 e. The predicted octanol–water partition coefficient (Wildman–Crippen LogP) is 1.53. The number of likely N-dealkylation sites (tertiary alicyclic amines) is 1. The molecule has 2 atom stereocenters. The number of nitrogen functional groups attached to an aromatic ring is 1. The zero-order valence-electron chi connectivity index (χ0n) is 16.8. The van der Waals surface area contributed by atoms with E-state index in [-0.39, 0.29) is 22.5 Å². The van der Waals surface area contributed by atoms with Crippen LogP contribution in [-0.4, -0.2) is 75.1 Å². The number of piperidine rings is 1. The number of amides is 1. The third-order valence-electron chi connectivity index (χ3n) is 5.43. The fourth-order valence-corrected chi connectivity index (χ4v) is 3.95. The summed E-state index contributed by atoms with van der Waals surface area (Å²) in [6, 6.07) is 1.50. The molecule has 1 fully saturated rings. The minimum absolute atomic E-state index is 0.00631. The first-order valence-electron chi connectivity index (χ1n) is 10.1. The van der Waals surface area contributed by atoms with Crippen LogP contribution in [0.15, 0.2) is 6.07 Å². The number of hydrogen-bond donors (Lipinski definition) is 3. The van der Waals surface area contributed by atoms with Crippen LogP contribution in [0.2, 0.25) is 5.02 Å². The molecule has 0 bridgehead atoms. The fourth-order valence-electron chi connectivity index (χ4n) is 3.75. The third kappa shape index (κ3) is 5.45. The summed E-state index contributed by atoms with van der Waals surface area (Å²) in [5, 5.41) is 13.7. The Bertz CT molecular complexity index is 718. The first-order chi connectivity index (χ1) is 14.0. The molecule has 2 aliphatic rings. The summed E-state index contributed by atoms with van der Waals surface area (Å²) in [4.78, 5) is 15.0. The van der Waals surface area contributed by atoms with Crippen LogP contribution in [0.3, 0.4) is 0 Å². The molecular formula is C20H30ClN3O5. The van der Waals surface area contributed by atoms with Crippen molar-refractivity contribution >= 4 is 23.2 Å². The smallest absolute Gasteiger partial charge is 0.255 e. The van der Waals surface area contributed by atoms with Gasteiger partial charge in [-0.05, 0) is 38.4 Å². The molecule has 1 amide bonds. The average Bonchev–Trinajstić information content (AvgIpc) is 2.73. The molecule has 3 rings (SSSR count). The van der Waals surface area contributed by atoms with E-state index in [4.69, 9.17) is 31.5 Å².